The second kappa shape index (κ2) is 10.9. The van der Waals surface area contributed by atoms with Gasteiger partial charge in [0.05, 0.1) is 6.04 Å². The zero-order valence-electron chi connectivity index (χ0n) is 18.7. The van der Waals surface area contributed by atoms with Gasteiger partial charge in [-0.1, -0.05) is 60.7 Å². The number of carbonyl (C=O) groups excluding carboxylic acids is 1. The van der Waals surface area contributed by atoms with Crippen LogP contribution in [0.2, 0.25) is 0 Å². The van der Waals surface area contributed by atoms with Crippen molar-refractivity contribution in [1.82, 2.24) is 19.8 Å². The number of hydrogen-bond acceptors (Lipinski definition) is 5. The molecule has 0 spiro atoms. The van der Waals surface area contributed by atoms with Crippen molar-refractivity contribution in [3.05, 3.63) is 90.3 Å². The Labute approximate surface area is 190 Å². The Morgan fingerprint density at radius 1 is 0.875 bits per heavy atom. The van der Waals surface area contributed by atoms with E-state index in [0.29, 0.717) is 13.1 Å². The predicted molar refractivity (Wildman–Crippen MR) is 127 cm³/mol. The van der Waals surface area contributed by atoms with Crippen LogP contribution in [0.15, 0.2) is 79.1 Å². The van der Waals surface area contributed by atoms with Gasteiger partial charge >= 0.3 is 0 Å². The second-order valence-electron chi connectivity index (χ2n) is 8.23. The van der Waals surface area contributed by atoms with E-state index >= 15 is 0 Å². The Bertz CT molecular complexity index is 959. The van der Waals surface area contributed by atoms with Gasteiger partial charge in [0.25, 0.3) is 0 Å². The molecule has 1 fully saturated rings. The van der Waals surface area contributed by atoms with E-state index in [4.69, 9.17) is 0 Å². The minimum Gasteiger partial charge on any atom is -0.338 e. The number of aromatic nitrogens is 2. The van der Waals surface area contributed by atoms with Gasteiger partial charge in [-0.2, -0.15) is 0 Å². The first-order chi connectivity index (χ1) is 15.7. The summed E-state index contributed by atoms with van der Waals surface area (Å²) in [6, 6.07) is 22.3. The highest BCUT2D eigenvalue weighted by Crippen LogP contribution is 2.15. The summed E-state index contributed by atoms with van der Waals surface area (Å²) in [5, 5.41) is 0. The molecule has 4 rings (SSSR count). The highest BCUT2D eigenvalue weighted by atomic mass is 16.2. The third-order valence-electron chi connectivity index (χ3n) is 6.10. The average Bonchev–Trinajstić information content (AvgIpc) is 2.87. The van der Waals surface area contributed by atoms with Gasteiger partial charge in [0.15, 0.2) is 0 Å². The maximum atomic E-state index is 13.6. The summed E-state index contributed by atoms with van der Waals surface area (Å²) in [5.74, 6) is 0.953. The lowest BCUT2D eigenvalue weighted by Crippen LogP contribution is -2.55. The van der Waals surface area contributed by atoms with Gasteiger partial charge in [-0.25, -0.2) is 9.97 Å². The summed E-state index contributed by atoms with van der Waals surface area (Å²) in [4.78, 5) is 28.8. The molecule has 1 atom stereocenters. The number of amides is 1. The molecule has 0 aliphatic carbocycles. The Morgan fingerprint density at radius 3 is 2.09 bits per heavy atom. The van der Waals surface area contributed by atoms with Crippen molar-refractivity contribution in [3.63, 3.8) is 0 Å². The molecule has 6 heteroatoms. The zero-order chi connectivity index (χ0) is 22.2. The van der Waals surface area contributed by atoms with Crippen molar-refractivity contribution in [3.8, 4) is 0 Å². The summed E-state index contributed by atoms with van der Waals surface area (Å²) >= 11 is 0. The first kappa shape index (κ1) is 22.0. The van der Waals surface area contributed by atoms with Crippen LogP contribution in [0.1, 0.15) is 18.1 Å². The quantitative estimate of drug-likeness (QED) is 0.550. The topological polar surface area (TPSA) is 52.6 Å². The predicted octanol–water partition coefficient (Wildman–Crippen LogP) is 3.26. The Kier molecular flexibility index (Phi) is 7.46. The van der Waals surface area contributed by atoms with Gasteiger partial charge in [-0.05, 0) is 30.5 Å². The maximum absolute atomic E-state index is 13.6. The van der Waals surface area contributed by atoms with Gasteiger partial charge in [-0.3, -0.25) is 9.69 Å². The van der Waals surface area contributed by atoms with Crippen molar-refractivity contribution >= 4 is 11.9 Å². The van der Waals surface area contributed by atoms with E-state index < -0.39 is 0 Å². The number of rotatable bonds is 8. The lowest BCUT2D eigenvalue weighted by atomic mass is 10.1. The summed E-state index contributed by atoms with van der Waals surface area (Å²) in [5.41, 5.74) is 2.41. The van der Waals surface area contributed by atoms with E-state index in [9.17, 15) is 4.79 Å². The van der Waals surface area contributed by atoms with Crippen molar-refractivity contribution in [2.24, 2.45) is 0 Å². The summed E-state index contributed by atoms with van der Waals surface area (Å²) < 4.78 is 0. The van der Waals surface area contributed by atoms with Crippen molar-refractivity contribution in [1.29, 1.82) is 0 Å². The number of anilines is 1. The van der Waals surface area contributed by atoms with E-state index in [1.54, 1.807) is 12.4 Å². The van der Waals surface area contributed by atoms with E-state index in [1.165, 1.54) is 5.56 Å². The number of piperazine rings is 1. The third-order valence-corrected chi connectivity index (χ3v) is 6.10. The van der Waals surface area contributed by atoms with Crippen LogP contribution in [0.25, 0.3) is 0 Å². The van der Waals surface area contributed by atoms with Crippen LogP contribution in [0, 0.1) is 0 Å². The van der Waals surface area contributed by atoms with E-state index in [1.807, 2.05) is 42.2 Å². The monoisotopic (exact) mass is 429 g/mol. The minimum atomic E-state index is -0.159. The highest BCUT2D eigenvalue weighted by molar-refractivity contribution is 5.81. The number of carbonyl (C=O) groups is 1. The zero-order valence-corrected chi connectivity index (χ0v) is 18.7. The average molecular weight is 430 g/mol. The van der Waals surface area contributed by atoms with E-state index in [0.717, 1.165) is 44.1 Å². The molecule has 1 unspecified atom stereocenters. The molecule has 1 amide bonds. The molecular formula is C26H31N5O. The van der Waals surface area contributed by atoms with Crippen LogP contribution in [0.4, 0.5) is 5.95 Å². The van der Waals surface area contributed by atoms with Gasteiger partial charge < -0.3 is 9.80 Å². The normalized spacial score (nSPS) is 15.3. The molecule has 1 saturated heterocycles. The van der Waals surface area contributed by atoms with Crippen molar-refractivity contribution in [2.45, 2.75) is 25.9 Å². The molecular weight excluding hydrogens is 398 g/mol. The van der Waals surface area contributed by atoms with Crippen molar-refractivity contribution < 1.29 is 4.79 Å². The maximum Gasteiger partial charge on any atom is 0.239 e. The molecule has 1 aliphatic rings. The molecule has 1 aromatic heterocycles. The van der Waals surface area contributed by atoms with Crippen LogP contribution in [0.3, 0.4) is 0 Å². The Balaban J connectivity index is 1.40. The van der Waals surface area contributed by atoms with Gasteiger partial charge in [0.2, 0.25) is 11.9 Å². The molecule has 3 aromatic rings. The van der Waals surface area contributed by atoms with Crippen LogP contribution in [0.5, 0.6) is 0 Å². The summed E-state index contributed by atoms with van der Waals surface area (Å²) in [6.07, 6.45) is 4.40. The number of hydrogen-bond donors (Lipinski definition) is 0. The van der Waals surface area contributed by atoms with Crippen LogP contribution < -0.4 is 4.90 Å². The Morgan fingerprint density at radius 2 is 1.47 bits per heavy atom. The summed E-state index contributed by atoms with van der Waals surface area (Å²) in [6.45, 7) is 6.67. The molecule has 166 valence electrons. The first-order valence-corrected chi connectivity index (χ1v) is 11.3. The fraction of sp³-hybridized carbons (Fsp3) is 0.346. The SMILES string of the molecule is CC(C(=O)N(CCc1ccccc1)Cc1ccccc1)N1CCN(c2ncccn2)CC1. The lowest BCUT2D eigenvalue weighted by Gasteiger charge is -2.39. The van der Waals surface area contributed by atoms with E-state index in [2.05, 4.69) is 56.2 Å². The standard InChI is InChI=1S/C26H31N5O/c1-22(29-17-19-30(20-18-29)26-27-14-8-15-28-26)25(32)31(21-24-11-6-3-7-12-24)16-13-23-9-4-2-5-10-23/h2-12,14-15,22H,13,16-21H2,1H3. The molecule has 1 aliphatic heterocycles. The largest absolute Gasteiger partial charge is 0.338 e. The van der Waals surface area contributed by atoms with Crippen LogP contribution in [-0.4, -0.2) is 64.4 Å². The lowest BCUT2D eigenvalue weighted by molar-refractivity contribution is -0.137. The fourth-order valence-electron chi connectivity index (χ4n) is 4.16. The van der Waals surface area contributed by atoms with Gasteiger partial charge in [0.1, 0.15) is 0 Å². The molecule has 2 aromatic carbocycles. The molecule has 0 saturated carbocycles. The number of benzene rings is 2. The highest BCUT2D eigenvalue weighted by Gasteiger charge is 2.29. The van der Waals surface area contributed by atoms with Gasteiger partial charge in [0, 0.05) is 51.7 Å². The molecule has 32 heavy (non-hydrogen) atoms. The minimum absolute atomic E-state index is 0.159. The third kappa shape index (κ3) is 5.71. The number of nitrogens with zero attached hydrogens (tertiary/aromatic N) is 5. The van der Waals surface area contributed by atoms with Crippen LogP contribution >= 0.6 is 0 Å². The van der Waals surface area contributed by atoms with Crippen molar-refractivity contribution in [2.75, 3.05) is 37.6 Å². The van der Waals surface area contributed by atoms with Gasteiger partial charge in [-0.15, -0.1) is 0 Å². The summed E-state index contributed by atoms with van der Waals surface area (Å²) in [7, 11) is 0. The van der Waals surface area contributed by atoms with Crippen LogP contribution in [-0.2, 0) is 17.8 Å². The second-order valence-corrected chi connectivity index (χ2v) is 8.23. The van der Waals surface area contributed by atoms with E-state index in [-0.39, 0.29) is 11.9 Å². The molecule has 0 bridgehead atoms. The smallest absolute Gasteiger partial charge is 0.239 e. The molecule has 0 N–H and O–H groups in total. The molecule has 0 radical (unpaired) electrons. The Hall–Kier alpha value is -3.25. The molecule has 2 heterocycles. The molecule has 6 nitrogen and oxygen atoms in total. The fourth-order valence-corrected chi connectivity index (χ4v) is 4.16. The first-order valence-electron chi connectivity index (χ1n) is 11.3.